The van der Waals surface area contributed by atoms with E-state index in [-0.39, 0.29) is 0 Å². The molecule has 0 radical (unpaired) electrons. The molecule has 4 heteroatoms. The molecule has 1 heterocycles. The molecule has 0 saturated carbocycles. The summed E-state index contributed by atoms with van der Waals surface area (Å²) in [4.78, 5) is 6.82. The van der Waals surface area contributed by atoms with E-state index in [9.17, 15) is 0 Å². The predicted octanol–water partition coefficient (Wildman–Crippen LogP) is 1.44. The van der Waals surface area contributed by atoms with E-state index in [0.717, 1.165) is 37.4 Å². The van der Waals surface area contributed by atoms with Gasteiger partial charge >= 0.3 is 0 Å². The van der Waals surface area contributed by atoms with Gasteiger partial charge < -0.3 is 4.90 Å². The predicted molar refractivity (Wildman–Crippen MR) is 69.0 cm³/mol. The number of aliphatic imine (C=N–C) groups is 1. The van der Waals surface area contributed by atoms with Gasteiger partial charge in [-0.05, 0) is 24.2 Å². The first-order valence-corrected chi connectivity index (χ1v) is 6.29. The molecule has 0 aromatic heterocycles. The average molecular weight is 226 g/mol. The normalized spacial score (nSPS) is 27.4. The van der Waals surface area contributed by atoms with Crippen LogP contribution in [0.4, 0.5) is 0 Å². The molecular weight excluding hydrogens is 200 g/mol. The van der Waals surface area contributed by atoms with E-state index in [1.165, 1.54) is 6.42 Å². The van der Waals surface area contributed by atoms with Gasteiger partial charge in [-0.2, -0.15) is 0 Å². The molecule has 4 nitrogen and oxygen atoms in total. The highest BCUT2D eigenvalue weighted by atomic mass is 15.4. The van der Waals surface area contributed by atoms with E-state index in [1.54, 1.807) is 0 Å². The Morgan fingerprint density at radius 3 is 2.38 bits per heavy atom. The standard InChI is InChI=1S/C12H26N4/c1-9(2)6-14-12(15-13)16-7-10(3)5-11(4)8-16/h9-11H,5-8,13H2,1-4H3,(H,14,15). The van der Waals surface area contributed by atoms with Crippen LogP contribution in [-0.4, -0.2) is 30.5 Å². The summed E-state index contributed by atoms with van der Waals surface area (Å²) in [6.07, 6.45) is 1.30. The number of rotatable bonds is 2. The number of hydrogen-bond donors (Lipinski definition) is 2. The minimum absolute atomic E-state index is 0.572. The third-order valence-electron chi connectivity index (χ3n) is 2.90. The maximum absolute atomic E-state index is 5.56. The molecule has 1 aliphatic heterocycles. The first-order chi connectivity index (χ1) is 7.52. The van der Waals surface area contributed by atoms with Crippen LogP contribution in [0.1, 0.15) is 34.1 Å². The summed E-state index contributed by atoms with van der Waals surface area (Å²) in [7, 11) is 0. The lowest BCUT2D eigenvalue weighted by Gasteiger charge is -2.36. The van der Waals surface area contributed by atoms with E-state index in [0.29, 0.717) is 5.92 Å². The Bertz CT molecular complexity index is 227. The Morgan fingerprint density at radius 1 is 1.38 bits per heavy atom. The van der Waals surface area contributed by atoms with Crippen molar-refractivity contribution in [2.24, 2.45) is 28.6 Å². The van der Waals surface area contributed by atoms with Crippen LogP contribution in [0.5, 0.6) is 0 Å². The van der Waals surface area contributed by atoms with Crippen LogP contribution in [-0.2, 0) is 0 Å². The topological polar surface area (TPSA) is 53.6 Å². The SMILES string of the molecule is CC(C)CN=C(NN)N1CC(C)CC(C)C1. The second-order valence-electron chi connectivity index (χ2n) is 5.55. The number of nitrogens with zero attached hydrogens (tertiary/aromatic N) is 2. The second kappa shape index (κ2) is 6.09. The zero-order chi connectivity index (χ0) is 12.1. The Hall–Kier alpha value is -0.770. The number of guanidine groups is 1. The fourth-order valence-electron chi connectivity index (χ4n) is 2.34. The first-order valence-electron chi connectivity index (χ1n) is 6.29. The second-order valence-corrected chi connectivity index (χ2v) is 5.55. The Morgan fingerprint density at radius 2 is 1.94 bits per heavy atom. The highest BCUT2D eigenvalue weighted by molar-refractivity contribution is 5.79. The van der Waals surface area contributed by atoms with Gasteiger partial charge in [0.25, 0.3) is 0 Å². The fraction of sp³-hybridized carbons (Fsp3) is 0.917. The van der Waals surface area contributed by atoms with Crippen LogP contribution in [0, 0.1) is 17.8 Å². The molecule has 1 saturated heterocycles. The summed E-state index contributed by atoms with van der Waals surface area (Å²) in [5.74, 6) is 8.43. The van der Waals surface area contributed by atoms with Gasteiger partial charge in [-0.1, -0.05) is 27.7 Å². The lowest BCUT2D eigenvalue weighted by molar-refractivity contribution is 0.208. The molecule has 1 rings (SSSR count). The van der Waals surface area contributed by atoms with Crippen LogP contribution in [0.2, 0.25) is 0 Å². The van der Waals surface area contributed by atoms with Crippen LogP contribution in [0.3, 0.4) is 0 Å². The van der Waals surface area contributed by atoms with Gasteiger partial charge in [0.15, 0.2) is 0 Å². The first kappa shape index (κ1) is 13.3. The fourth-order valence-corrected chi connectivity index (χ4v) is 2.34. The molecule has 0 bridgehead atoms. The molecule has 3 N–H and O–H groups in total. The molecule has 0 aromatic rings. The maximum Gasteiger partial charge on any atom is 0.208 e. The van der Waals surface area contributed by atoms with Crippen molar-refractivity contribution in [3.63, 3.8) is 0 Å². The number of nitrogens with one attached hydrogen (secondary N) is 1. The molecule has 0 amide bonds. The van der Waals surface area contributed by atoms with Crippen molar-refractivity contribution in [1.82, 2.24) is 10.3 Å². The van der Waals surface area contributed by atoms with Crippen molar-refractivity contribution in [2.45, 2.75) is 34.1 Å². The van der Waals surface area contributed by atoms with Gasteiger partial charge in [-0.15, -0.1) is 0 Å². The third-order valence-corrected chi connectivity index (χ3v) is 2.90. The molecule has 0 spiro atoms. The van der Waals surface area contributed by atoms with Crippen LogP contribution in [0.25, 0.3) is 0 Å². The number of piperidine rings is 1. The van der Waals surface area contributed by atoms with Crippen molar-refractivity contribution in [3.05, 3.63) is 0 Å². The highest BCUT2D eigenvalue weighted by Crippen LogP contribution is 2.20. The minimum Gasteiger partial charge on any atom is -0.341 e. The van der Waals surface area contributed by atoms with Crippen molar-refractivity contribution in [3.8, 4) is 0 Å². The highest BCUT2D eigenvalue weighted by Gasteiger charge is 2.23. The lowest BCUT2D eigenvalue weighted by atomic mass is 9.92. The average Bonchev–Trinajstić information content (AvgIpc) is 2.16. The van der Waals surface area contributed by atoms with Gasteiger partial charge in [-0.3, -0.25) is 10.4 Å². The van der Waals surface area contributed by atoms with Gasteiger partial charge in [0, 0.05) is 19.6 Å². The van der Waals surface area contributed by atoms with E-state index in [4.69, 9.17) is 5.84 Å². The summed E-state index contributed by atoms with van der Waals surface area (Å²) in [6, 6.07) is 0. The van der Waals surface area contributed by atoms with Gasteiger partial charge in [0.2, 0.25) is 5.96 Å². The number of nitrogens with two attached hydrogens (primary N) is 1. The number of hydrazine groups is 1. The number of hydrogen-bond acceptors (Lipinski definition) is 2. The monoisotopic (exact) mass is 226 g/mol. The lowest BCUT2D eigenvalue weighted by Crippen LogP contribution is -2.50. The quantitative estimate of drug-likeness (QED) is 0.324. The molecule has 16 heavy (non-hydrogen) atoms. The van der Waals surface area contributed by atoms with Gasteiger partial charge in [0.1, 0.15) is 0 Å². The maximum atomic E-state index is 5.56. The summed E-state index contributed by atoms with van der Waals surface area (Å²) < 4.78 is 0. The smallest absolute Gasteiger partial charge is 0.208 e. The van der Waals surface area contributed by atoms with Crippen molar-refractivity contribution in [1.29, 1.82) is 0 Å². The van der Waals surface area contributed by atoms with Crippen LogP contribution < -0.4 is 11.3 Å². The molecule has 2 unspecified atom stereocenters. The van der Waals surface area contributed by atoms with Gasteiger partial charge in [-0.25, -0.2) is 5.84 Å². The molecule has 0 aromatic carbocycles. The summed E-state index contributed by atoms with van der Waals surface area (Å²) in [6.45, 7) is 11.9. The summed E-state index contributed by atoms with van der Waals surface area (Å²) in [5.41, 5.74) is 2.74. The van der Waals surface area contributed by atoms with Crippen LogP contribution >= 0.6 is 0 Å². The number of likely N-dealkylation sites (tertiary alicyclic amines) is 1. The molecule has 0 aliphatic carbocycles. The molecule has 2 atom stereocenters. The summed E-state index contributed by atoms with van der Waals surface area (Å²) >= 11 is 0. The molecular formula is C12H26N4. The van der Waals surface area contributed by atoms with Crippen molar-refractivity contribution < 1.29 is 0 Å². The largest absolute Gasteiger partial charge is 0.341 e. The minimum atomic E-state index is 0.572. The molecule has 1 fully saturated rings. The third kappa shape index (κ3) is 4.00. The van der Waals surface area contributed by atoms with Gasteiger partial charge in [0.05, 0.1) is 0 Å². The van der Waals surface area contributed by atoms with E-state index < -0.39 is 0 Å². The van der Waals surface area contributed by atoms with Crippen molar-refractivity contribution in [2.75, 3.05) is 19.6 Å². The zero-order valence-corrected chi connectivity index (χ0v) is 11.0. The van der Waals surface area contributed by atoms with Crippen molar-refractivity contribution >= 4 is 5.96 Å². The Kier molecular flexibility index (Phi) is 5.06. The zero-order valence-electron chi connectivity index (χ0n) is 11.0. The van der Waals surface area contributed by atoms with E-state index in [2.05, 4.69) is 43.0 Å². The van der Waals surface area contributed by atoms with E-state index >= 15 is 0 Å². The Labute approximate surface area is 99.3 Å². The molecule has 1 aliphatic rings. The Balaban J connectivity index is 2.61. The molecule has 94 valence electrons. The van der Waals surface area contributed by atoms with E-state index in [1.807, 2.05) is 0 Å². The van der Waals surface area contributed by atoms with Crippen LogP contribution in [0.15, 0.2) is 4.99 Å². The summed E-state index contributed by atoms with van der Waals surface area (Å²) in [5, 5.41) is 0.